The van der Waals surface area contributed by atoms with Crippen LogP contribution >= 0.6 is 0 Å². The van der Waals surface area contributed by atoms with Crippen LogP contribution in [0.5, 0.6) is 5.75 Å². The van der Waals surface area contributed by atoms with Gasteiger partial charge in [0.25, 0.3) is 0 Å². The van der Waals surface area contributed by atoms with Crippen LogP contribution in [0.15, 0.2) is 41.5 Å². The van der Waals surface area contributed by atoms with E-state index in [4.69, 9.17) is 4.74 Å². The van der Waals surface area contributed by atoms with Gasteiger partial charge >= 0.3 is 0 Å². The zero-order valence-electron chi connectivity index (χ0n) is 12.5. The van der Waals surface area contributed by atoms with Gasteiger partial charge < -0.3 is 9.64 Å². The topological polar surface area (TPSA) is 29.5 Å². The number of nitrogens with zero attached hydrogens (tertiary/aromatic N) is 1. The van der Waals surface area contributed by atoms with Crippen molar-refractivity contribution < 1.29 is 9.53 Å². The number of methoxy groups -OCH3 is 1. The smallest absolute Gasteiger partial charge is 0.246 e. The number of piperidine rings is 1. The fourth-order valence-electron chi connectivity index (χ4n) is 2.75. The van der Waals surface area contributed by atoms with Gasteiger partial charge in [-0.25, -0.2) is 0 Å². The summed E-state index contributed by atoms with van der Waals surface area (Å²) in [5.74, 6) is 0.945. The second kappa shape index (κ2) is 6.17. The maximum atomic E-state index is 12.2. The van der Waals surface area contributed by atoms with Crippen LogP contribution in [0.4, 0.5) is 0 Å². The van der Waals surface area contributed by atoms with E-state index in [0.29, 0.717) is 0 Å². The van der Waals surface area contributed by atoms with Crippen molar-refractivity contribution >= 4 is 12.0 Å². The standard InChI is InChI=1S/C18H21NO2/c1-21-17-7-2-14(3-8-17)4-9-18(20)19-12-10-16(11-13-19)15-5-6-15/h2-4,7-9H,5-6,10-13H2,1H3/b9-4+. The maximum absolute atomic E-state index is 12.2. The third-order valence-corrected chi connectivity index (χ3v) is 4.21. The highest BCUT2D eigenvalue weighted by Crippen LogP contribution is 2.36. The van der Waals surface area contributed by atoms with Gasteiger partial charge in [0.1, 0.15) is 5.75 Å². The van der Waals surface area contributed by atoms with Crippen LogP contribution in [0, 0.1) is 0 Å². The number of likely N-dealkylation sites (tertiary alicyclic amines) is 1. The zero-order chi connectivity index (χ0) is 14.7. The summed E-state index contributed by atoms with van der Waals surface area (Å²) >= 11 is 0. The summed E-state index contributed by atoms with van der Waals surface area (Å²) in [5, 5.41) is 0. The highest BCUT2D eigenvalue weighted by atomic mass is 16.5. The van der Waals surface area contributed by atoms with Crippen LogP contribution in [-0.2, 0) is 4.79 Å². The second-order valence-corrected chi connectivity index (χ2v) is 5.64. The van der Waals surface area contributed by atoms with Gasteiger partial charge in [-0.15, -0.1) is 0 Å². The minimum absolute atomic E-state index is 0.116. The van der Waals surface area contributed by atoms with Gasteiger partial charge in [-0.2, -0.15) is 0 Å². The summed E-state index contributed by atoms with van der Waals surface area (Å²) in [6, 6.07) is 7.71. The van der Waals surface area contributed by atoms with Crippen molar-refractivity contribution in [1.82, 2.24) is 4.90 Å². The largest absolute Gasteiger partial charge is 0.497 e. The van der Waals surface area contributed by atoms with Crippen LogP contribution < -0.4 is 4.74 Å². The van der Waals surface area contributed by atoms with Crippen molar-refractivity contribution in [2.45, 2.75) is 25.7 Å². The molecule has 21 heavy (non-hydrogen) atoms. The fraction of sp³-hybridized carbons (Fsp3) is 0.389. The van der Waals surface area contributed by atoms with Gasteiger partial charge in [0.05, 0.1) is 7.11 Å². The molecule has 0 aromatic heterocycles. The number of hydrogen-bond acceptors (Lipinski definition) is 2. The lowest BCUT2D eigenvalue weighted by atomic mass is 10.0. The number of carbonyl (C=O) groups is 1. The quantitative estimate of drug-likeness (QED) is 0.628. The monoisotopic (exact) mass is 283 g/mol. The summed E-state index contributed by atoms with van der Waals surface area (Å²) < 4.78 is 5.12. The Morgan fingerprint density at radius 3 is 2.24 bits per heavy atom. The van der Waals surface area contributed by atoms with Crippen LogP contribution in [0.3, 0.4) is 0 Å². The molecule has 0 bridgehead atoms. The van der Waals surface area contributed by atoms with Crippen molar-refractivity contribution in [1.29, 1.82) is 0 Å². The number of rotatable bonds is 3. The summed E-state index contributed by atoms with van der Waals surface area (Å²) in [4.78, 5) is 14.1. The first-order chi connectivity index (χ1) is 10.3. The summed E-state index contributed by atoms with van der Waals surface area (Å²) in [7, 11) is 1.65. The molecule has 1 saturated heterocycles. The summed E-state index contributed by atoms with van der Waals surface area (Å²) in [5.41, 5.74) is 4.27. The first-order valence-electron chi connectivity index (χ1n) is 7.57. The molecule has 1 amide bonds. The molecule has 0 unspecified atom stereocenters. The number of ether oxygens (including phenoxy) is 1. The highest BCUT2D eigenvalue weighted by Gasteiger charge is 2.23. The molecule has 3 rings (SSSR count). The molecule has 2 aliphatic rings. The van der Waals surface area contributed by atoms with E-state index in [9.17, 15) is 4.79 Å². The molecule has 3 nitrogen and oxygen atoms in total. The van der Waals surface area contributed by atoms with E-state index in [-0.39, 0.29) is 5.91 Å². The normalized spacial score (nSPS) is 18.2. The average Bonchev–Trinajstić information content (AvgIpc) is 3.38. The van der Waals surface area contributed by atoms with E-state index >= 15 is 0 Å². The van der Waals surface area contributed by atoms with Crippen molar-refractivity contribution in [3.63, 3.8) is 0 Å². The van der Waals surface area contributed by atoms with Gasteiger partial charge in [0.2, 0.25) is 5.91 Å². The number of carbonyl (C=O) groups excluding carboxylic acids is 1. The lowest BCUT2D eigenvalue weighted by Gasteiger charge is -2.27. The fourth-order valence-corrected chi connectivity index (χ4v) is 2.75. The molecule has 1 aliphatic carbocycles. The third kappa shape index (κ3) is 3.54. The molecule has 0 atom stereocenters. The van der Waals surface area contributed by atoms with E-state index in [1.807, 2.05) is 35.2 Å². The Morgan fingerprint density at radius 2 is 1.67 bits per heavy atom. The SMILES string of the molecule is COc1ccc(/C=C/C(=O)N2CCC(=C3CC3)CC2)cc1. The van der Waals surface area contributed by atoms with Crippen LogP contribution in [-0.4, -0.2) is 31.0 Å². The van der Waals surface area contributed by atoms with E-state index in [0.717, 1.165) is 37.2 Å². The first-order valence-corrected chi connectivity index (χ1v) is 7.57. The number of hydrogen-bond donors (Lipinski definition) is 0. The van der Waals surface area contributed by atoms with E-state index in [2.05, 4.69) is 0 Å². The Morgan fingerprint density at radius 1 is 1.05 bits per heavy atom. The predicted octanol–water partition coefficient (Wildman–Crippen LogP) is 3.42. The number of allylic oxidation sites excluding steroid dienone is 1. The maximum Gasteiger partial charge on any atom is 0.246 e. The molecule has 0 N–H and O–H groups in total. The van der Waals surface area contributed by atoms with Gasteiger partial charge in [-0.3, -0.25) is 4.79 Å². The van der Waals surface area contributed by atoms with Crippen LogP contribution in [0.25, 0.3) is 6.08 Å². The molecular formula is C18H21NO2. The molecule has 1 aliphatic heterocycles. The summed E-state index contributed by atoms with van der Waals surface area (Å²) in [6.07, 6.45) is 8.27. The lowest BCUT2D eigenvalue weighted by Crippen LogP contribution is -2.35. The van der Waals surface area contributed by atoms with Gasteiger partial charge in [0.15, 0.2) is 0 Å². The number of amides is 1. The minimum Gasteiger partial charge on any atom is -0.497 e. The van der Waals surface area contributed by atoms with Gasteiger partial charge in [-0.1, -0.05) is 23.3 Å². The van der Waals surface area contributed by atoms with Gasteiger partial charge in [-0.05, 0) is 49.5 Å². The third-order valence-electron chi connectivity index (χ3n) is 4.21. The van der Waals surface area contributed by atoms with Gasteiger partial charge in [0, 0.05) is 19.2 Å². The van der Waals surface area contributed by atoms with Crippen LogP contribution in [0.1, 0.15) is 31.2 Å². The van der Waals surface area contributed by atoms with E-state index < -0.39 is 0 Å². The minimum atomic E-state index is 0.116. The molecule has 1 saturated carbocycles. The zero-order valence-corrected chi connectivity index (χ0v) is 12.5. The molecule has 110 valence electrons. The Kier molecular flexibility index (Phi) is 4.09. The molecule has 0 radical (unpaired) electrons. The molecular weight excluding hydrogens is 262 g/mol. The van der Waals surface area contributed by atoms with E-state index in [1.54, 1.807) is 24.3 Å². The Bertz CT molecular complexity index is 568. The molecule has 0 spiro atoms. The Labute approximate surface area is 125 Å². The lowest BCUT2D eigenvalue weighted by molar-refractivity contribution is -0.126. The second-order valence-electron chi connectivity index (χ2n) is 5.64. The first kappa shape index (κ1) is 13.9. The molecule has 1 aromatic rings. The predicted molar refractivity (Wildman–Crippen MR) is 84.1 cm³/mol. The van der Waals surface area contributed by atoms with E-state index in [1.165, 1.54) is 12.8 Å². The van der Waals surface area contributed by atoms with Crippen molar-refractivity contribution in [3.8, 4) is 5.75 Å². The molecule has 2 fully saturated rings. The molecule has 3 heteroatoms. The average molecular weight is 283 g/mol. The molecule has 1 aromatic carbocycles. The van der Waals surface area contributed by atoms with Crippen molar-refractivity contribution in [3.05, 3.63) is 47.1 Å². The Balaban J connectivity index is 1.55. The van der Waals surface area contributed by atoms with Crippen molar-refractivity contribution in [2.75, 3.05) is 20.2 Å². The Hall–Kier alpha value is -2.03. The van der Waals surface area contributed by atoms with Crippen LogP contribution in [0.2, 0.25) is 0 Å². The molecule has 1 heterocycles. The highest BCUT2D eigenvalue weighted by molar-refractivity contribution is 5.91. The number of benzene rings is 1. The van der Waals surface area contributed by atoms with Crippen molar-refractivity contribution in [2.24, 2.45) is 0 Å². The summed E-state index contributed by atoms with van der Waals surface area (Å²) in [6.45, 7) is 1.73.